The topological polar surface area (TPSA) is 39.7 Å². The number of rotatable bonds is 7. The average Bonchev–Trinajstić information content (AvgIpc) is 2.24. The number of ether oxygens (including phenoxy) is 3. The summed E-state index contributed by atoms with van der Waals surface area (Å²) in [5, 5.41) is 3.48. The van der Waals surface area contributed by atoms with Crippen LogP contribution in [0.4, 0.5) is 0 Å². The lowest BCUT2D eigenvalue weighted by atomic mass is 9.95. The van der Waals surface area contributed by atoms with E-state index in [-0.39, 0.29) is 5.54 Å². The molecule has 0 bridgehead atoms. The molecule has 0 aliphatic carbocycles. The van der Waals surface area contributed by atoms with Gasteiger partial charge >= 0.3 is 0 Å². The van der Waals surface area contributed by atoms with Crippen LogP contribution in [0.1, 0.15) is 19.8 Å². The minimum absolute atomic E-state index is 0.142. The first-order chi connectivity index (χ1) is 7.27. The molecule has 4 nitrogen and oxygen atoms in total. The summed E-state index contributed by atoms with van der Waals surface area (Å²) in [7, 11) is 1.68. The molecule has 0 aromatic rings. The van der Waals surface area contributed by atoms with Gasteiger partial charge in [0, 0.05) is 25.8 Å². The Morgan fingerprint density at radius 1 is 1.33 bits per heavy atom. The standard InChI is InChI=1S/C11H23NO3/c1-11(4-3-6-15-10-11)12-5-7-14-9-8-13-2/h12H,3-10H2,1-2H3. The third-order valence-corrected chi connectivity index (χ3v) is 2.67. The molecule has 0 saturated carbocycles. The molecule has 15 heavy (non-hydrogen) atoms. The van der Waals surface area contributed by atoms with Gasteiger partial charge in [-0.1, -0.05) is 0 Å². The van der Waals surface area contributed by atoms with Crippen LogP contribution < -0.4 is 5.32 Å². The highest BCUT2D eigenvalue weighted by atomic mass is 16.5. The molecule has 0 amide bonds. The number of hydrogen-bond acceptors (Lipinski definition) is 4. The minimum atomic E-state index is 0.142. The zero-order valence-electron chi connectivity index (χ0n) is 9.88. The maximum atomic E-state index is 5.46. The summed E-state index contributed by atoms with van der Waals surface area (Å²) in [6.45, 7) is 6.88. The minimum Gasteiger partial charge on any atom is -0.382 e. The van der Waals surface area contributed by atoms with Gasteiger partial charge in [0.05, 0.1) is 26.4 Å². The fourth-order valence-electron chi connectivity index (χ4n) is 1.74. The van der Waals surface area contributed by atoms with Crippen molar-refractivity contribution in [2.75, 3.05) is 46.7 Å². The normalized spacial score (nSPS) is 26.8. The van der Waals surface area contributed by atoms with E-state index in [1.807, 2.05) is 0 Å². The monoisotopic (exact) mass is 217 g/mol. The number of methoxy groups -OCH3 is 1. The zero-order chi connectivity index (χ0) is 11.0. The Morgan fingerprint density at radius 2 is 2.20 bits per heavy atom. The molecular formula is C11H23NO3. The van der Waals surface area contributed by atoms with Gasteiger partial charge in [0.25, 0.3) is 0 Å². The van der Waals surface area contributed by atoms with Gasteiger partial charge in [0.2, 0.25) is 0 Å². The average molecular weight is 217 g/mol. The van der Waals surface area contributed by atoms with Crippen molar-refractivity contribution < 1.29 is 14.2 Å². The second kappa shape index (κ2) is 7.17. The van der Waals surface area contributed by atoms with Gasteiger partial charge in [-0.2, -0.15) is 0 Å². The van der Waals surface area contributed by atoms with Gasteiger partial charge in [0.1, 0.15) is 0 Å². The van der Waals surface area contributed by atoms with Crippen LogP contribution in [-0.4, -0.2) is 52.2 Å². The van der Waals surface area contributed by atoms with E-state index in [1.165, 1.54) is 6.42 Å². The molecule has 1 rings (SSSR count). The fourth-order valence-corrected chi connectivity index (χ4v) is 1.74. The Bertz CT molecular complexity index is 158. The van der Waals surface area contributed by atoms with Crippen LogP contribution in [0.25, 0.3) is 0 Å². The van der Waals surface area contributed by atoms with E-state index in [1.54, 1.807) is 7.11 Å². The van der Waals surface area contributed by atoms with E-state index < -0.39 is 0 Å². The maximum absolute atomic E-state index is 5.46. The molecule has 0 radical (unpaired) electrons. The lowest BCUT2D eigenvalue weighted by Gasteiger charge is -2.34. The van der Waals surface area contributed by atoms with Crippen molar-refractivity contribution in [2.24, 2.45) is 0 Å². The van der Waals surface area contributed by atoms with Crippen molar-refractivity contribution in [3.8, 4) is 0 Å². The highest BCUT2D eigenvalue weighted by molar-refractivity contribution is 4.84. The molecule has 1 unspecified atom stereocenters. The summed E-state index contributed by atoms with van der Waals surface area (Å²) in [6.07, 6.45) is 2.33. The maximum Gasteiger partial charge on any atom is 0.0700 e. The lowest BCUT2D eigenvalue weighted by molar-refractivity contribution is 0.0210. The van der Waals surface area contributed by atoms with Gasteiger partial charge in [-0.05, 0) is 19.8 Å². The highest BCUT2D eigenvalue weighted by Gasteiger charge is 2.26. The van der Waals surface area contributed by atoms with Crippen LogP contribution >= 0.6 is 0 Å². The van der Waals surface area contributed by atoms with Gasteiger partial charge in [-0.15, -0.1) is 0 Å². The SMILES string of the molecule is COCCOCCNC1(C)CCCOC1. The van der Waals surface area contributed by atoms with Crippen molar-refractivity contribution in [3.05, 3.63) is 0 Å². The fraction of sp³-hybridized carbons (Fsp3) is 1.00. The van der Waals surface area contributed by atoms with Crippen molar-refractivity contribution in [2.45, 2.75) is 25.3 Å². The Kier molecular flexibility index (Phi) is 6.17. The van der Waals surface area contributed by atoms with Gasteiger partial charge in [-0.25, -0.2) is 0 Å². The highest BCUT2D eigenvalue weighted by Crippen LogP contribution is 2.17. The van der Waals surface area contributed by atoms with Crippen LogP contribution in [0.2, 0.25) is 0 Å². The van der Waals surface area contributed by atoms with Crippen LogP contribution in [0.3, 0.4) is 0 Å². The molecule has 1 heterocycles. The van der Waals surface area contributed by atoms with E-state index in [9.17, 15) is 0 Å². The molecular weight excluding hydrogens is 194 g/mol. The van der Waals surface area contributed by atoms with Crippen molar-refractivity contribution in [3.63, 3.8) is 0 Å². The van der Waals surface area contributed by atoms with E-state index in [0.717, 1.165) is 32.8 Å². The first-order valence-electron chi connectivity index (χ1n) is 5.66. The van der Waals surface area contributed by atoms with Crippen LogP contribution in [0.5, 0.6) is 0 Å². The second-order valence-electron chi connectivity index (χ2n) is 4.25. The molecule has 90 valence electrons. The Balaban J connectivity index is 1.98. The van der Waals surface area contributed by atoms with E-state index >= 15 is 0 Å². The first kappa shape index (κ1) is 12.9. The quantitative estimate of drug-likeness (QED) is 0.641. The molecule has 1 atom stereocenters. The molecule has 0 spiro atoms. The van der Waals surface area contributed by atoms with Gasteiger partial charge < -0.3 is 19.5 Å². The van der Waals surface area contributed by atoms with Crippen LogP contribution in [-0.2, 0) is 14.2 Å². The summed E-state index contributed by atoms with van der Waals surface area (Å²) < 4.78 is 15.7. The molecule has 1 fully saturated rings. The van der Waals surface area contributed by atoms with Crippen LogP contribution in [0.15, 0.2) is 0 Å². The number of nitrogens with one attached hydrogen (secondary N) is 1. The second-order valence-corrected chi connectivity index (χ2v) is 4.25. The third-order valence-electron chi connectivity index (χ3n) is 2.67. The van der Waals surface area contributed by atoms with E-state index in [0.29, 0.717) is 13.2 Å². The lowest BCUT2D eigenvalue weighted by Crippen LogP contribution is -2.50. The molecule has 4 heteroatoms. The smallest absolute Gasteiger partial charge is 0.0700 e. The van der Waals surface area contributed by atoms with Crippen molar-refractivity contribution >= 4 is 0 Å². The molecule has 1 aliphatic heterocycles. The molecule has 1 saturated heterocycles. The molecule has 0 aromatic carbocycles. The predicted molar refractivity (Wildman–Crippen MR) is 59.2 cm³/mol. The van der Waals surface area contributed by atoms with Crippen molar-refractivity contribution in [1.82, 2.24) is 5.32 Å². The first-order valence-corrected chi connectivity index (χ1v) is 5.66. The van der Waals surface area contributed by atoms with Crippen molar-refractivity contribution in [1.29, 1.82) is 0 Å². The summed E-state index contributed by atoms with van der Waals surface area (Å²) in [6, 6.07) is 0. The van der Waals surface area contributed by atoms with E-state index in [2.05, 4.69) is 12.2 Å². The molecule has 1 aliphatic rings. The summed E-state index contributed by atoms with van der Waals surface area (Å²) >= 11 is 0. The summed E-state index contributed by atoms with van der Waals surface area (Å²) in [4.78, 5) is 0. The van der Waals surface area contributed by atoms with E-state index in [4.69, 9.17) is 14.2 Å². The van der Waals surface area contributed by atoms with Gasteiger partial charge in [0.15, 0.2) is 0 Å². The predicted octanol–water partition coefficient (Wildman–Crippen LogP) is 0.808. The molecule has 0 aromatic heterocycles. The Morgan fingerprint density at radius 3 is 2.87 bits per heavy atom. The zero-order valence-corrected chi connectivity index (χ0v) is 9.88. The number of hydrogen-bond donors (Lipinski definition) is 1. The van der Waals surface area contributed by atoms with Crippen LogP contribution in [0, 0.1) is 0 Å². The Labute approximate surface area is 92.3 Å². The third kappa shape index (κ3) is 5.47. The summed E-state index contributed by atoms with van der Waals surface area (Å²) in [5.41, 5.74) is 0.142. The van der Waals surface area contributed by atoms with Gasteiger partial charge in [-0.3, -0.25) is 0 Å². The molecule has 1 N–H and O–H groups in total. The Hall–Kier alpha value is -0.160. The summed E-state index contributed by atoms with van der Waals surface area (Å²) in [5.74, 6) is 0. The largest absolute Gasteiger partial charge is 0.382 e.